The molecule has 0 unspecified atom stereocenters. The normalized spacial score (nSPS) is 10.7. The Bertz CT molecular complexity index is 642. The lowest BCUT2D eigenvalue weighted by Gasteiger charge is -2.10. The van der Waals surface area contributed by atoms with Crippen LogP contribution in [0, 0.1) is 0 Å². The van der Waals surface area contributed by atoms with Crippen molar-refractivity contribution in [3.05, 3.63) is 39.9 Å². The summed E-state index contributed by atoms with van der Waals surface area (Å²) in [7, 11) is 0. The average Bonchev–Trinajstić information content (AvgIpc) is 2.77. The summed E-state index contributed by atoms with van der Waals surface area (Å²) in [5, 5.41) is 6.75. The molecule has 1 aromatic heterocycles. The lowest BCUT2D eigenvalue weighted by molar-refractivity contribution is 0.0945. The molecule has 0 aliphatic rings. The Morgan fingerprint density at radius 1 is 1.48 bits per heavy atom. The molecule has 5 nitrogen and oxygen atoms in total. The van der Waals surface area contributed by atoms with Crippen LogP contribution in [0.1, 0.15) is 29.8 Å². The molecule has 7 heteroatoms. The van der Waals surface area contributed by atoms with Crippen LogP contribution < -0.4 is 16.4 Å². The van der Waals surface area contributed by atoms with Crippen LogP contribution in [0.2, 0.25) is 0 Å². The number of nitrogens with one attached hydrogen (secondary N) is 2. The fourth-order valence-electron chi connectivity index (χ4n) is 1.81. The molecule has 1 aromatic carbocycles. The third-order valence-corrected chi connectivity index (χ3v) is 4.02. The van der Waals surface area contributed by atoms with Crippen molar-refractivity contribution in [3.63, 3.8) is 0 Å². The molecule has 1 heterocycles. The highest BCUT2D eigenvalue weighted by Crippen LogP contribution is 2.27. The Morgan fingerprint density at radius 2 is 2.24 bits per heavy atom. The van der Waals surface area contributed by atoms with Gasteiger partial charge in [-0.25, -0.2) is 0 Å². The van der Waals surface area contributed by atoms with Crippen molar-refractivity contribution in [2.24, 2.45) is 0 Å². The van der Waals surface area contributed by atoms with Crippen molar-refractivity contribution in [1.29, 1.82) is 0 Å². The molecule has 0 saturated carbocycles. The van der Waals surface area contributed by atoms with Gasteiger partial charge in [-0.2, -0.15) is 4.37 Å². The van der Waals surface area contributed by atoms with Gasteiger partial charge in [-0.05, 0) is 43.1 Å². The first-order valence-electron chi connectivity index (χ1n) is 6.51. The van der Waals surface area contributed by atoms with E-state index in [9.17, 15) is 4.79 Å². The molecule has 2 rings (SSSR count). The first-order valence-corrected chi connectivity index (χ1v) is 8.08. The molecule has 0 atom stereocenters. The SMILES string of the molecule is CC(C)NC(=O)c1c(N)nsc1NCc1cccc(Br)c1. The monoisotopic (exact) mass is 368 g/mol. The Morgan fingerprint density at radius 3 is 2.90 bits per heavy atom. The van der Waals surface area contributed by atoms with Crippen LogP contribution in [0.25, 0.3) is 0 Å². The lowest BCUT2D eigenvalue weighted by atomic mass is 10.2. The molecule has 0 fully saturated rings. The van der Waals surface area contributed by atoms with E-state index in [1.54, 1.807) is 0 Å². The van der Waals surface area contributed by atoms with E-state index in [0.29, 0.717) is 17.1 Å². The zero-order chi connectivity index (χ0) is 15.4. The molecule has 0 saturated heterocycles. The Balaban J connectivity index is 2.12. The van der Waals surface area contributed by atoms with Crippen molar-refractivity contribution in [3.8, 4) is 0 Å². The third-order valence-electron chi connectivity index (χ3n) is 2.71. The molecule has 112 valence electrons. The van der Waals surface area contributed by atoms with Crippen LogP contribution in [0.3, 0.4) is 0 Å². The summed E-state index contributed by atoms with van der Waals surface area (Å²) in [5.41, 5.74) is 7.33. The zero-order valence-corrected chi connectivity index (χ0v) is 14.2. The number of nitrogen functional groups attached to an aromatic ring is 1. The molecule has 0 aliphatic carbocycles. The standard InChI is InChI=1S/C14H17BrN4OS/c1-8(2)18-13(20)11-12(16)19-21-14(11)17-7-9-4-3-5-10(15)6-9/h3-6,8,17H,7H2,1-2H3,(H2,16,19)(H,18,20). The molecule has 0 spiro atoms. The number of carbonyl (C=O) groups excluding carboxylic acids is 1. The smallest absolute Gasteiger partial charge is 0.258 e. The van der Waals surface area contributed by atoms with Gasteiger partial charge in [0.15, 0.2) is 5.82 Å². The number of rotatable bonds is 5. The van der Waals surface area contributed by atoms with E-state index >= 15 is 0 Å². The van der Waals surface area contributed by atoms with Gasteiger partial charge in [-0.1, -0.05) is 28.1 Å². The Labute approximate surface area is 136 Å². The van der Waals surface area contributed by atoms with Gasteiger partial charge in [0, 0.05) is 17.1 Å². The zero-order valence-electron chi connectivity index (χ0n) is 11.8. The van der Waals surface area contributed by atoms with Crippen LogP contribution in [0.15, 0.2) is 28.7 Å². The number of anilines is 2. The topological polar surface area (TPSA) is 80.0 Å². The highest BCUT2D eigenvalue weighted by atomic mass is 79.9. The number of halogens is 1. The van der Waals surface area contributed by atoms with Crippen LogP contribution in [0.4, 0.5) is 10.8 Å². The maximum absolute atomic E-state index is 12.2. The molecule has 0 bridgehead atoms. The van der Waals surface area contributed by atoms with E-state index in [2.05, 4.69) is 30.9 Å². The van der Waals surface area contributed by atoms with E-state index in [1.165, 1.54) is 11.5 Å². The molecular weight excluding hydrogens is 352 g/mol. The fraction of sp³-hybridized carbons (Fsp3) is 0.286. The Hall–Kier alpha value is -1.60. The van der Waals surface area contributed by atoms with Gasteiger partial charge >= 0.3 is 0 Å². The van der Waals surface area contributed by atoms with Gasteiger partial charge in [0.05, 0.1) is 0 Å². The van der Waals surface area contributed by atoms with Gasteiger partial charge in [0.25, 0.3) is 5.91 Å². The molecule has 0 radical (unpaired) electrons. The van der Waals surface area contributed by atoms with Crippen molar-refractivity contribution in [2.75, 3.05) is 11.1 Å². The highest BCUT2D eigenvalue weighted by molar-refractivity contribution is 9.10. The van der Waals surface area contributed by atoms with Gasteiger partial charge in [-0.15, -0.1) is 0 Å². The van der Waals surface area contributed by atoms with E-state index in [0.717, 1.165) is 10.0 Å². The van der Waals surface area contributed by atoms with E-state index in [1.807, 2.05) is 38.1 Å². The largest absolute Gasteiger partial charge is 0.382 e. The summed E-state index contributed by atoms with van der Waals surface area (Å²) >= 11 is 4.63. The minimum atomic E-state index is -0.201. The molecule has 21 heavy (non-hydrogen) atoms. The number of benzene rings is 1. The summed E-state index contributed by atoms with van der Waals surface area (Å²) in [6.07, 6.45) is 0. The van der Waals surface area contributed by atoms with Crippen LogP contribution in [-0.4, -0.2) is 16.3 Å². The second-order valence-electron chi connectivity index (χ2n) is 4.88. The minimum Gasteiger partial charge on any atom is -0.382 e. The number of carbonyl (C=O) groups is 1. The van der Waals surface area contributed by atoms with Crippen molar-refractivity contribution >= 4 is 44.2 Å². The first kappa shape index (κ1) is 15.8. The predicted octanol–water partition coefficient (Wildman–Crippen LogP) is 3.24. The van der Waals surface area contributed by atoms with Gasteiger partial charge in [-0.3, -0.25) is 4.79 Å². The predicted molar refractivity (Wildman–Crippen MR) is 90.6 cm³/mol. The number of amides is 1. The van der Waals surface area contributed by atoms with Gasteiger partial charge in [0.1, 0.15) is 10.6 Å². The molecule has 4 N–H and O–H groups in total. The fourth-order valence-corrected chi connectivity index (χ4v) is 2.96. The summed E-state index contributed by atoms with van der Waals surface area (Å²) in [6, 6.07) is 8.01. The van der Waals surface area contributed by atoms with Crippen LogP contribution >= 0.6 is 27.5 Å². The molecule has 2 aromatic rings. The van der Waals surface area contributed by atoms with Gasteiger partial charge in [0.2, 0.25) is 0 Å². The number of aromatic nitrogens is 1. The summed E-state index contributed by atoms with van der Waals surface area (Å²) in [4.78, 5) is 12.2. The quantitative estimate of drug-likeness (QED) is 0.756. The lowest BCUT2D eigenvalue weighted by Crippen LogP contribution is -2.30. The number of hydrogen-bond acceptors (Lipinski definition) is 5. The van der Waals surface area contributed by atoms with E-state index in [-0.39, 0.29) is 17.8 Å². The van der Waals surface area contributed by atoms with Crippen molar-refractivity contribution in [2.45, 2.75) is 26.4 Å². The summed E-state index contributed by atoms with van der Waals surface area (Å²) < 4.78 is 5.08. The van der Waals surface area contributed by atoms with E-state index in [4.69, 9.17) is 5.73 Å². The van der Waals surface area contributed by atoms with Crippen LogP contribution in [-0.2, 0) is 6.54 Å². The van der Waals surface area contributed by atoms with Gasteiger partial charge < -0.3 is 16.4 Å². The van der Waals surface area contributed by atoms with Crippen molar-refractivity contribution < 1.29 is 4.79 Å². The van der Waals surface area contributed by atoms with Crippen molar-refractivity contribution in [1.82, 2.24) is 9.69 Å². The van der Waals surface area contributed by atoms with Crippen LogP contribution in [0.5, 0.6) is 0 Å². The Kier molecular flexibility index (Phi) is 5.19. The number of hydrogen-bond donors (Lipinski definition) is 3. The summed E-state index contributed by atoms with van der Waals surface area (Å²) in [6.45, 7) is 4.41. The van der Waals surface area contributed by atoms with E-state index < -0.39 is 0 Å². The highest BCUT2D eigenvalue weighted by Gasteiger charge is 2.19. The molecular formula is C14H17BrN4OS. The molecule has 1 amide bonds. The maximum Gasteiger partial charge on any atom is 0.258 e. The average molecular weight is 369 g/mol. The first-order chi connectivity index (χ1) is 9.97. The second-order valence-corrected chi connectivity index (χ2v) is 6.57. The molecule has 0 aliphatic heterocycles. The number of nitrogens with two attached hydrogens (primary N) is 1. The maximum atomic E-state index is 12.2. The third kappa shape index (κ3) is 4.18. The number of nitrogens with zero attached hydrogens (tertiary/aromatic N) is 1. The minimum absolute atomic E-state index is 0.0507. The summed E-state index contributed by atoms with van der Waals surface area (Å²) in [5.74, 6) is 0.0582. The second kappa shape index (κ2) is 6.91.